The van der Waals surface area contributed by atoms with Crippen molar-refractivity contribution in [2.45, 2.75) is 26.7 Å². The predicted octanol–water partition coefficient (Wildman–Crippen LogP) is 1.82. The van der Waals surface area contributed by atoms with Crippen LogP contribution in [0.3, 0.4) is 0 Å². The number of hydrogen-bond donors (Lipinski definition) is 2. The van der Waals surface area contributed by atoms with Gasteiger partial charge in [0.2, 0.25) is 5.91 Å². The molecule has 1 amide bonds. The number of carbonyl (C=O) groups is 1. The van der Waals surface area contributed by atoms with Crippen LogP contribution < -0.4 is 10.6 Å². The molecule has 0 radical (unpaired) electrons. The second-order valence-corrected chi connectivity index (χ2v) is 5.76. The van der Waals surface area contributed by atoms with Crippen molar-refractivity contribution >= 4 is 11.6 Å². The van der Waals surface area contributed by atoms with Crippen LogP contribution >= 0.6 is 0 Å². The van der Waals surface area contributed by atoms with E-state index in [1.807, 2.05) is 32.0 Å². The first-order valence-corrected chi connectivity index (χ1v) is 7.65. The monoisotopic (exact) mass is 299 g/mol. The number of rotatable bonds is 3. The van der Waals surface area contributed by atoms with Gasteiger partial charge in [0.15, 0.2) is 5.82 Å². The van der Waals surface area contributed by atoms with E-state index in [-0.39, 0.29) is 11.8 Å². The summed E-state index contributed by atoms with van der Waals surface area (Å²) >= 11 is 0. The predicted molar refractivity (Wildman–Crippen MR) is 85.1 cm³/mol. The van der Waals surface area contributed by atoms with Gasteiger partial charge in [-0.15, -0.1) is 0 Å². The lowest BCUT2D eigenvalue weighted by molar-refractivity contribution is -0.120. The first-order valence-electron chi connectivity index (χ1n) is 7.65. The molecule has 6 heteroatoms. The maximum Gasteiger partial charge on any atom is 0.227 e. The highest BCUT2D eigenvalue weighted by Gasteiger charge is 2.20. The van der Waals surface area contributed by atoms with E-state index in [9.17, 15) is 4.79 Å². The summed E-state index contributed by atoms with van der Waals surface area (Å²) in [6.07, 6.45) is 3.47. The van der Waals surface area contributed by atoms with Gasteiger partial charge in [0.1, 0.15) is 0 Å². The molecule has 3 rings (SSSR count). The van der Waals surface area contributed by atoms with Crippen LogP contribution in [0.4, 0.5) is 5.69 Å². The van der Waals surface area contributed by atoms with Gasteiger partial charge in [0, 0.05) is 11.6 Å². The van der Waals surface area contributed by atoms with E-state index in [2.05, 4.69) is 20.7 Å². The highest BCUT2D eigenvalue weighted by molar-refractivity contribution is 5.92. The Morgan fingerprint density at radius 1 is 1.32 bits per heavy atom. The lowest BCUT2D eigenvalue weighted by Gasteiger charge is -2.21. The van der Waals surface area contributed by atoms with Crippen molar-refractivity contribution in [3.8, 4) is 5.82 Å². The van der Waals surface area contributed by atoms with Crippen molar-refractivity contribution in [2.24, 2.45) is 5.92 Å². The smallest absolute Gasteiger partial charge is 0.227 e. The topological polar surface area (TPSA) is 71.8 Å². The van der Waals surface area contributed by atoms with Gasteiger partial charge < -0.3 is 10.6 Å². The van der Waals surface area contributed by atoms with Gasteiger partial charge in [-0.3, -0.25) is 4.79 Å². The highest BCUT2D eigenvalue weighted by atomic mass is 16.1. The Bertz CT molecular complexity index is 656. The zero-order valence-electron chi connectivity index (χ0n) is 13.0. The van der Waals surface area contributed by atoms with E-state index in [4.69, 9.17) is 0 Å². The molecule has 0 spiro atoms. The van der Waals surface area contributed by atoms with Gasteiger partial charge in [0.25, 0.3) is 0 Å². The molecule has 2 aromatic heterocycles. The molecule has 1 saturated heterocycles. The van der Waals surface area contributed by atoms with Crippen molar-refractivity contribution in [1.29, 1.82) is 0 Å². The van der Waals surface area contributed by atoms with E-state index in [1.54, 1.807) is 10.9 Å². The molecule has 116 valence electrons. The Morgan fingerprint density at radius 3 is 2.68 bits per heavy atom. The molecule has 0 atom stereocenters. The van der Waals surface area contributed by atoms with Crippen LogP contribution in [0.2, 0.25) is 0 Å². The highest BCUT2D eigenvalue weighted by Crippen LogP contribution is 2.16. The number of carbonyl (C=O) groups excluding carboxylic acids is 1. The molecule has 2 N–H and O–H groups in total. The molecule has 0 aromatic carbocycles. The Kier molecular flexibility index (Phi) is 4.20. The maximum absolute atomic E-state index is 12.2. The summed E-state index contributed by atoms with van der Waals surface area (Å²) in [5.74, 6) is 0.935. The second-order valence-electron chi connectivity index (χ2n) is 5.76. The molecule has 0 saturated carbocycles. The SMILES string of the molecule is Cc1cc(C)n(-c2ccc(NC(=O)C3CCNCC3)cn2)n1. The van der Waals surface area contributed by atoms with E-state index in [0.717, 1.165) is 48.8 Å². The fourth-order valence-electron chi connectivity index (χ4n) is 2.77. The lowest BCUT2D eigenvalue weighted by Crippen LogP contribution is -2.34. The third kappa shape index (κ3) is 3.17. The molecule has 0 unspecified atom stereocenters. The van der Waals surface area contributed by atoms with Gasteiger partial charge in [-0.1, -0.05) is 0 Å². The lowest BCUT2D eigenvalue weighted by atomic mass is 9.97. The van der Waals surface area contributed by atoms with Crippen molar-refractivity contribution in [3.63, 3.8) is 0 Å². The number of pyridine rings is 1. The first-order chi connectivity index (χ1) is 10.6. The van der Waals surface area contributed by atoms with Crippen molar-refractivity contribution in [3.05, 3.63) is 35.8 Å². The Labute approximate surface area is 129 Å². The number of hydrogen-bond acceptors (Lipinski definition) is 4. The standard InChI is InChI=1S/C16H21N5O/c1-11-9-12(2)21(20-11)15-4-3-14(10-18-15)19-16(22)13-5-7-17-8-6-13/h3-4,9-10,13,17H,5-8H2,1-2H3,(H,19,22). The molecule has 3 heterocycles. The van der Waals surface area contributed by atoms with E-state index >= 15 is 0 Å². The molecule has 6 nitrogen and oxygen atoms in total. The quantitative estimate of drug-likeness (QED) is 0.907. The van der Waals surface area contributed by atoms with Crippen LogP contribution in [0.5, 0.6) is 0 Å². The van der Waals surface area contributed by atoms with Crippen LogP contribution in [0.25, 0.3) is 5.82 Å². The minimum Gasteiger partial charge on any atom is -0.324 e. The third-order valence-electron chi connectivity index (χ3n) is 3.95. The number of nitrogens with one attached hydrogen (secondary N) is 2. The van der Waals surface area contributed by atoms with Crippen LogP contribution in [0, 0.1) is 19.8 Å². The van der Waals surface area contributed by atoms with Crippen LogP contribution in [-0.2, 0) is 4.79 Å². The minimum absolute atomic E-state index is 0.0853. The van der Waals surface area contributed by atoms with Crippen LogP contribution in [0.1, 0.15) is 24.2 Å². The molecule has 22 heavy (non-hydrogen) atoms. The zero-order valence-corrected chi connectivity index (χ0v) is 13.0. The molecule has 2 aromatic rings. The minimum atomic E-state index is 0.0853. The summed E-state index contributed by atoms with van der Waals surface area (Å²) in [6, 6.07) is 5.75. The number of nitrogens with zero attached hydrogens (tertiary/aromatic N) is 3. The second kappa shape index (κ2) is 6.27. The molecule has 0 aliphatic carbocycles. The normalized spacial score (nSPS) is 15.7. The summed E-state index contributed by atoms with van der Waals surface area (Å²) in [4.78, 5) is 16.6. The summed E-state index contributed by atoms with van der Waals surface area (Å²) in [5.41, 5.74) is 2.73. The molecular weight excluding hydrogens is 278 g/mol. The van der Waals surface area contributed by atoms with Gasteiger partial charge in [-0.25, -0.2) is 9.67 Å². The Balaban J connectivity index is 1.69. The number of piperidine rings is 1. The van der Waals surface area contributed by atoms with Gasteiger partial charge in [0.05, 0.1) is 17.6 Å². The first kappa shape index (κ1) is 14.7. The fourth-order valence-corrected chi connectivity index (χ4v) is 2.77. The van der Waals surface area contributed by atoms with Crippen LogP contribution in [-0.4, -0.2) is 33.8 Å². The Morgan fingerprint density at radius 2 is 2.09 bits per heavy atom. The van der Waals surface area contributed by atoms with Gasteiger partial charge in [-0.2, -0.15) is 5.10 Å². The zero-order chi connectivity index (χ0) is 15.5. The molecule has 1 aliphatic rings. The van der Waals surface area contributed by atoms with E-state index < -0.39 is 0 Å². The van der Waals surface area contributed by atoms with E-state index in [0.29, 0.717) is 0 Å². The van der Waals surface area contributed by atoms with Crippen molar-refractivity contribution in [1.82, 2.24) is 20.1 Å². The number of aryl methyl sites for hydroxylation is 2. The molecular formula is C16H21N5O. The van der Waals surface area contributed by atoms with Gasteiger partial charge in [-0.05, 0) is 58.0 Å². The van der Waals surface area contributed by atoms with E-state index in [1.165, 1.54) is 0 Å². The average Bonchev–Trinajstić information content (AvgIpc) is 2.87. The number of amides is 1. The largest absolute Gasteiger partial charge is 0.324 e. The molecule has 1 aliphatic heterocycles. The molecule has 1 fully saturated rings. The van der Waals surface area contributed by atoms with Crippen LogP contribution in [0.15, 0.2) is 24.4 Å². The van der Waals surface area contributed by atoms with Gasteiger partial charge >= 0.3 is 0 Å². The number of aromatic nitrogens is 3. The van der Waals surface area contributed by atoms with Crippen molar-refractivity contribution in [2.75, 3.05) is 18.4 Å². The summed E-state index contributed by atoms with van der Waals surface area (Å²) in [7, 11) is 0. The fraction of sp³-hybridized carbons (Fsp3) is 0.438. The summed E-state index contributed by atoms with van der Waals surface area (Å²) < 4.78 is 1.80. The van der Waals surface area contributed by atoms with Crippen molar-refractivity contribution < 1.29 is 4.79 Å². The Hall–Kier alpha value is -2.21. The number of anilines is 1. The molecule has 0 bridgehead atoms. The summed E-state index contributed by atoms with van der Waals surface area (Å²) in [5, 5.41) is 10.6. The average molecular weight is 299 g/mol. The maximum atomic E-state index is 12.2. The third-order valence-corrected chi connectivity index (χ3v) is 3.95. The summed E-state index contributed by atoms with van der Waals surface area (Å²) in [6.45, 7) is 5.77.